The van der Waals surface area contributed by atoms with Gasteiger partial charge in [0.25, 0.3) is 5.91 Å². The largest absolute Gasteiger partial charge is 0.411 e. The molecule has 1 amide bonds. The summed E-state index contributed by atoms with van der Waals surface area (Å²) >= 11 is 0. The van der Waals surface area contributed by atoms with Crippen molar-refractivity contribution < 1.29 is 15.1 Å². The summed E-state index contributed by atoms with van der Waals surface area (Å²) in [6.07, 6.45) is 0.718. The zero-order chi connectivity index (χ0) is 7.11. The predicted octanol–water partition coefficient (Wildman–Crippen LogP) is -1.45. The lowest BCUT2D eigenvalue weighted by Crippen LogP contribution is -2.27. The number of oxime groups is 1. The minimum Gasteiger partial charge on any atom is -0.411 e. The third kappa shape index (κ3) is 4.76. The first-order chi connectivity index (χ1) is 4.31. The normalized spacial score (nSPS) is 9.89. The van der Waals surface area contributed by atoms with Crippen LogP contribution in [0, 0.1) is 0 Å². The molecule has 0 aliphatic carbocycles. The van der Waals surface area contributed by atoms with Gasteiger partial charge in [0.05, 0.1) is 6.61 Å². The number of hydrogen-bond acceptors (Lipinski definition) is 4. The van der Waals surface area contributed by atoms with Crippen molar-refractivity contribution in [1.82, 2.24) is 5.32 Å². The second-order valence-electron chi connectivity index (χ2n) is 1.26. The molecule has 0 aromatic rings. The van der Waals surface area contributed by atoms with Gasteiger partial charge in [0.2, 0.25) is 0 Å². The number of nitrogens with one attached hydrogen (secondary N) is 1. The molecular formula is C4H8N2O3. The summed E-state index contributed by atoms with van der Waals surface area (Å²) in [5.41, 5.74) is 0. The lowest BCUT2D eigenvalue weighted by atomic mass is 10.6. The molecule has 0 fully saturated rings. The number of hydrogen-bond donors (Lipinski definition) is 3. The average molecular weight is 132 g/mol. The Kier molecular flexibility index (Phi) is 4.43. The van der Waals surface area contributed by atoms with Gasteiger partial charge in [-0.05, 0) is 0 Å². The van der Waals surface area contributed by atoms with Gasteiger partial charge in [-0.3, -0.25) is 4.79 Å². The molecule has 0 spiro atoms. The van der Waals surface area contributed by atoms with Crippen LogP contribution in [0.2, 0.25) is 0 Å². The predicted molar refractivity (Wildman–Crippen MR) is 30.4 cm³/mol. The number of aliphatic hydroxyl groups is 1. The van der Waals surface area contributed by atoms with Crippen LogP contribution < -0.4 is 5.32 Å². The van der Waals surface area contributed by atoms with Gasteiger partial charge >= 0.3 is 0 Å². The molecule has 0 radical (unpaired) electrons. The Morgan fingerprint density at radius 2 is 2.44 bits per heavy atom. The molecule has 0 aliphatic rings. The Bertz CT molecular complexity index is 112. The molecule has 0 aromatic heterocycles. The van der Waals surface area contributed by atoms with Crippen LogP contribution in [0.25, 0.3) is 0 Å². The summed E-state index contributed by atoms with van der Waals surface area (Å²) in [5.74, 6) is -0.522. The van der Waals surface area contributed by atoms with E-state index in [9.17, 15) is 4.79 Å². The average Bonchev–Trinajstić information content (AvgIpc) is 1.85. The van der Waals surface area contributed by atoms with Crippen LogP contribution in [0.15, 0.2) is 5.16 Å². The zero-order valence-electron chi connectivity index (χ0n) is 4.74. The van der Waals surface area contributed by atoms with Crippen molar-refractivity contribution in [2.75, 3.05) is 13.2 Å². The Morgan fingerprint density at radius 1 is 1.78 bits per heavy atom. The van der Waals surface area contributed by atoms with E-state index in [1.165, 1.54) is 0 Å². The maximum Gasteiger partial charge on any atom is 0.265 e. The molecule has 0 rings (SSSR count). The molecule has 9 heavy (non-hydrogen) atoms. The second-order valence-corrected chi connectivity index (χ2v) is 1.26. The molecule has 3 N–H and O–H groups in total. The van der Waals surface area contributed by atoms with Gasteiger partial charge in [-0.2, -0.15) is 0 Å². The highest BCUT2D eigenvalue weighted by molar-refractivity contribution is 6.25. The summed E-state index contributed by atoms with van der Waals surface area (Å²) in [4.78, 5) is 10.3. The van der Waals surface area contributed by atoms with E-state index in [1.54, 1.807) is 0 Å². The third-order valence-electron chi connectivity index (χ3n) is 0.586. The quantitative estimate of drug-likeness (QED) is 0.250. The fourth-order valence-electron chi connectivity index (χ4n) is 0.277. The van der Waals surface area contributed by atoms with E-state index in [4.69, 9.17) is 10.3 Å². The molecular weight excluding hydrogens is 124 g/mol. The SMILES string of the molecule is O=C(/C=N/O)NCCO. The van der Waals surface area contributed by atoms with Crippen molar-refractivity contribution in [3.05, 3.63) is 0 Å². The van der Waals surface area contributed by atoms with E-state index < -0.39 is 5.91 Å². The Balaban J connectivity index is 3.27. The molecule has 0 bridgehead atoms. The summed E-state index contributed by atoms with van der Waals surface area (Å²) in [6, 6.07) is 0. The monoisotopic (exact) mass is 132 g/mol. The molecule has 0 aliphatic heterocycles. The van der Waals surface area contributed by atoms with Gasteiger partial charge in [-0.15, -0.1) is 0 Å². The lowest BCUT2D eigenvalue weighted by molar-refractivity contribution is -0.114. The first kappa shape index (κ1) is 7.90. The Morgan fingerprint density at radius 3 is 2.89 bits per heavy atom. The van der Waals surface area contributed by atoms with Gasteiger partial charge in [0.15, 0.2) is 0 Å². The van der Waals surface area contributed by atoms with Crippen molar-refractivity contribution in [2.24, 2.45) is 5.16 Å². The van der Waals surface area contributed by atoms with Crippen LogP contribution in [0.4, 0.5) is 0 Å². The van der Waals surface area contributed by atoms with E-state index in [1.807, 2.05) is 0 Å². The maximum atomic E-state index is 10.3. The van der Waals surface area contributed by atoms with Crippen LogP contribution in [-0.4, -0.2) is 35.6 Å². The maximum absolute atomic E-state index is 10.3. The van der Waals surface area contributed by atoms with E-state index in [0.717, 1.165) is 6.21 Å². The molecule has 52 valence electrons. The van der Waals surface area contributed by atoms with Crippen molar-refractivity contribution in [1.29, 1.82) is 0 Å². The molecule has 5 heteroatoms. The first-order valence-corrected chi connectivity index (χ1v) is 2.37. The highest BCUT2D eigenvalue weighted by Gasteiger charge is 1.91. The molecule has 0 unspecified atom stereocenters. The van der Waals surface area contributed by atoms with Gasteiger partial charge in [-0.1, -0.05) is 5.16 Å². The minimum absolute atomic E-state index is 0.120. The zero-order valence-corrected chi connectivity index (χ0v) is 4.74. The fraction of sp³-hybridized carbons (Fsp3) is 0.500. The van der Waals surface area contributed by atoms with Crippen LogP contribution in [0.1, 0.15) is 0 Å². The van der Waals surface area contributed by atoms with Gasteiger partial charge < -0.3 is 15.6 Å². The van der Waals surface area contributed by atoms with Crippen molar-refractivity contribution in [3.8, 4) is 0 Å². The Hall–Kier alpha value is -1.10. The third-order valence-corrected chi connectivity index (χ3v) is 0.586. The van der Waals surface area contributed by atoms with E-state index in [0.29, 0.717) is 0 Å². The summed E-state index contributed by atoms with van der Waals surface area (Å²) in [5, 5.41) is 20.6. The smallest absolute Gasteiger partial charge is 0.265 e. The molecule has 0 aromatic carbocycles. The Labute approximate surface area is 52.0 Å². The number of nitrogens with zero attached hydrogens (tertiary/aromatic N) is 1. The van der Waals surface area contributed by atoms with Gasteiger partial charge in [0.1, 0.15) is 6.21 Å². The molecule has 0 saturated carbocycles. The molecule has 0 atom stereocenters. The van der Waals surface area contributed by atoms with Gasteiger partial charge in [0, 0.05) is 6.54 Å². The van der Waals surface area contributed by atoms with Crippen LogP contribution >= 0.6 is 0 Å². The van der Waals surface area contributed by atoms with E-state index >= 15 is 0 Å². The van der Waals surface area contributed by atoms with Crippen LogP contribution in [0.3, 0.4) is 0 Å². The van der Waals surface area contributed by atoms with Gasteiger partial charge in [-0.25, -0.2) is 0 Å². The van der Waals surface area contributed by atoms with E-state index in [2.05, 4.69) is 10.5 Å². The van der Waals surface area contributed by atoms with Crippen LogP contribution in [0.5, 0.6) is 0 Å². The summed E-state index contributed by atoms with van der Waals surface area (Å²) in [6.45, 7) is 0.0515. The number of amides is 1. The molecule has 0 heterocycles. The topological polar surface area (TPSA) is 81.9 Å². The van der Waals surface area contributed by atoms with Crippen molar-refractivity contribution >= 4 is 12.1 Å². The number of carbonyl (C=O) groups excluding carboxylic acids is 1. The summed E-state index contributed by atoms with van der Waals surface area (Å²) in [7, 11) is 0. The minimum atomic E-state index is -0.522. The number of aliphatic hydroxyl groups excluding tert-OH is 1. The number of carbonyl (C=O) groups is 1. The fourth-order valence-corrected chi connectivity index (χ4v) is 0.277. The number of rotatable bonds is 3. The lowest BCUT2D eigenvalue weighted by Gasteiger charge is -1.93. The first-order valence-electron chi connectivity index (χ1n) is 2.37. The van der Waals surface area contributed by atoms with E-state index in [-0.39, 0.29) is 13.2 Å². The molecule has 0 saturated heterocycles. The molecule has 5 nitrogen and oxygen atoms in total. The summed E-state index contributed by atoms with van der Waals surface area (Å²) < 4.78 is 0. The van der Waals surface area contributed by atoms with Crippen LogP contribution in [-0.2, 0) is 4.79 Å². The second kappa shape index (κ2) is 5.04. The van der Waals surface area contributed by atoms with Crippen molar-refractivity contribution in [2.45, 2.75) is 0 Å². The highest BCUT2D eigenvalue weighted by atomic mass is 16.4. The standard InChI is InChI=1S/C4H8N2O3/c7-2-1-5-4(8)3-6-9/h3,7,9H,1-2H2,(H,5,8)/b6-3+. The highest BCUT2D eigenvalue weighted by Crippen LogP contribution is 1.58. The van der Waals surface area contributed by atoms with Crippen molar-refractivity contribution in [3.63, 3.8) is 0 Å².